The Balaban J connectivity index is 1.83. The molecule has 0 unspecified atom stereocenters. The number of amides is 1. The molecule has 0 aliphatic rings. The highest BCUT2D eigenvalue weighted by Crippen LogP contribution is 2.18. The number of fused-ring (bicyclic) bond motifs is 1. The summed E-state index contributed by atoms with van der Waals surface area (Å²) >= 11 is 0. The standard InChI is InChI=1S/C15H16N4O2/c1-3-12-11-6-4-5-7-13(11)19(17-12)9-15(20)16-14-8-10(2)21-18-14/h4-8H,3,9H2,1-2H3,(H,16,18,20). The molecule has 3 rings (SSSR count). The van der Waals surface area contributed by atoms with Gasteiger partial charge in [-0.1, -0.05) is 30.3 Å². The fraction of sp³-hybridized carbons (Fsp3) is 0.267. The quantitative estimate of drug-likeness (QED) is 0.799. The Kier molecular flexibility index (Phi) is 3.43. The fourth-order valence-electron chi connectivity index (χ4n) is 2.32. The van der Waals surface area contributed by atoms with Gasteiger partial charge in [-0.2, -0.15) is 5.10 Å². The van der Waals surface area contributed by atoms with Crippen molar-refractivity contribution in [2.24, 2.45) is 0 Å². The molecular formula is C15H16N4O2. The van der Waals surface area contributed by atoms with Crippen LogP contribution in [0.25, 0.3) is 10.9 Å². The summed E-state index contributed by atoms with van der Waals surface area (Å²) in [6.45, 7) is 3.97. The summed E-state index contributed by atoms with van der Waals surface area (Å²) in [5.74, 6) is 0.895. The molecule has 6 heteroatoms. The van der Waals surface area contributed by atoms with Crippen molar-refractivity contribution in [3.8, 4) is 0 Å². The highest BCUT2D eigenvalue weighted by molar-refractivity contribution is 5.91. The highest BCUT2D eigenvalue weighted by atomic mass is 16.5. The van der Waals surface area contributed by atoms with Gasteiger partial charge in [-0.3, -0.25) is 9.48 Å². The monoisotopic (exact) mass is 284 g/mol. The molecule has 21 heavy (non-hydrogen) atoms. The number of benzene rings is 1. The van der Waals surface area contributed by atoms with Crippen LogP contribution in [0.4, 0.5) is 5.82 Å². The van der Waals surface area contributed by atoms with E-state index in [4.69, 9.17) is 4.52 Å². The number of rotatable bonds is 4. The third-order valence-corrected chi connectivity index (χ3v) is 3.26. The second kappa shape index (κ2) is 5.40. The maximum atomic E-state index is 12.1. The topological polar surface area (TPSA) is 73.0 Å². The number of hydrogen-bond acceptors (Lipinski definition) is 4. The zero-order chi connectivity index (χ0) is 14.8. The first kappa shape index (κ1) is 13.4. The van der Waals surface area contributed by atoms with Crippen molar-refractivity contribution in [2.45, 2.75) is 26.8 Å². The number of nitrogens with zero attached hydrogens (tertiary/aromatic N) is 3. The van der Waals surface area contributed by atoms with Crippen LogP contribution in [0.3, 0.4) is 0 Å². The van der Waals surface area contributed by atoms with E-state index in [0.717, 1.165) is 23.0 Å². The zero-order valence-corrected chi connectivity index (χ0v) is 12.0. The summed E-state index contributed by atoms with van der Waals surface area (Å²) in [4.78, 5) is 12.1. The molecule has 0 saturated carbocycles. The van der Waals surface area contributed by atoms with Crippen LogP contribution in [0.1, 0.15) is 18.4 Å². The minimum absolute atomic E-state index is 0.145. The zero-order valence-electron chi connectivity index (χ0n) is 12.0. The first-order chi connectivity index (χ1) is 10.2. The Morgan fingerprint density at radius 2 is 2.19 bits per heavy atom. The van der Waals surface area contributed by atoms with Gasteiger partial charge in [0.2, 0.25) is 5.91 Å². The van der Waals surface area contributed by atoms with Crippen LogP contribution >= 0.6 is 0 Å². The predicted molar refractivity (Wildman–Crippen MR) is 79.0 cm³/mol. The van der Waals surface area contributed by atoms with Gasteiger partial charge in [0.15, 0.2) is 5.82 Å². The first-order valence-electron chi connectivity index (χ1n) is 6.85. The third kappa shape index (κ3) is 2.65. The molecule has 1 aromatic carbocycles. The lowest BCUT2D eigenvalue weighted by atomic mass is 10.2. The lowest BCUT2D eigenvalue weighted by Gasteiger charge is -2.03. The van der Waals surface area contributed by atoms with Crippen molar-refractivity contribution >= 4 is 22.6 Å². The van der Waals surface area contributed by atoms with Gasteiger partial charge in [0.25, 0.3) is 0 Å². The Morgan fingerprint density at radius 3 is 2.90 bits per heavy atom. The van der Waals surface area contributed by atoms with Crippen molar-refractivity contribution < 1.29 is 9.32 Å². The molecule has 2 aromatic heterocycles. The van der Waals surface area contributed by atoms with Gasteiger partial charge in [-0.05, 0) is 19.4 Å². The van der Waals surface area contributed by atoms with Crippen LogP contribution in [-0.4, -0.2) is 20.8 Å². The van der Waals surface area contributed by atoms with E-state index in [2.05, 4.69) is 22.5 Å². The van der Waals surface area contributed by atoms with E-state index in [1.54, 1.807) is 17.7 Å². The van der Waals surface area contributed by atoms with Gasteiger partial charge in [0.05, 0.1) is 11.2 Å². The van der Waals surface area contributed by atoms with Gasteiger partial charge in [-0.15, -0.1) is 0 Å². The number of hydrogen-bond donors (Lipinski definition) is 1. The van der Waals surface area contributed by atoms with Crippen molar-refractivity contribution in [1.82, 2.24) is 14.9 Å². The second-order valence-corrected chi connectivity index (χ2v) is 4.85. The average molecular weight is 284 g/mol. The summed E-state index contributed by atoms with van der Waals surface area (Å²) < 4.78 is 6.64. The number of anilines is 1. The molecule has 3 aromatic rings. The van der Waals surface area contributed by atoms with Gasteiger partial charge in [0, 0.05) is 11.5 Å². The lowest BCUT2D eigenvalue weighted by Crippen LogP contribution is -2.19. The number of carbonyl (C=O) groups is 1. The van der Waals surface area contributed by atoms with Crippen molar-refractivity contribution in [1.29, 1.82) is 0 Å². The Morgan fingerprint density at radius 1 is 1.38 bits per heavy atom. The first-order valence-corrected chi connectivity index (χ1v) is 6.85. The summed E-state index contributed by atoms with van der Waals surface area (Å²) in [7, 11) is 0. The van der Waals surface area contributed by atoms with E-state index < -0.39 is 0 Å². The van der Waals surface area contributed by atoms with Crippen molar-refractivity contribution in [3.63, 3.8) is 0 Å². The fourth-order valence-corrected chi connectivity index (χ4v) is 2.32. The number of aromatic nitrogens is 3. The number of nitrogens with one attached hydrogen (secondary N) is 1. The predicted octanol–water partition coefficient (Wildman–Crippen LogP) is 2.53. The molecule has 0 atom stereocenters. The van der Waals surface area contributed by atoms with Gasteiger partial charge >= 0.3 is 0 Å². The SMILES string of the molecule is CCc1nn(CC(=O)Nc2cc(C)on2)c2ccccc12. The van der Waals surface area contributed by atoms with Crippen LogP contribution in [0.15, 0.2) is 34.9 Å². The van der Waals surface area contributed by atoms with E-state index in [-0.39, 0.29) is 12.5 Å². The molecule has 1 N–H and O–H groups in total. The molecule has 0 radical (unpaired) electrons. The maximum Gasteiger partial charge on any atom is 0.247 e. The molecular weight excluding hydrogens is 268 g/mol. The van der Waals surface area contributed by atoms with Gasteiger partial charge in [0.1, 0.15) is 12.3 Å². The molecule has 0 saturated heterocycles. The molecule has 0 spiro atoms. The largest absolute Gasteiger partial charge is 0.360 e. The Hall–Kier alpha value is -2.63. The number of para-hydroxylation sites is 1. The number of aryl methyl sites for hydroxylation is 2. The van der Waals surface area contributed by atoms with Crippen molar-refractivity contribution in [3.05, 3.63) is 41.8 Å². The van der Waals surface area contributed by atoms with Gasteiger partial charge < -0.3 is 9.84 Å². The van der Waals surface area contributed by atoms with Crippen LogP contribution < -0.4 is 5.32 Å². The van der Waals surface area contributed by atoms with E-state index in [1.165, 1.54) is 0 Å². The molecule has 108 valence electrons. The number of carbonyl (C=O) groups excluding carboxylic acids is 1. The Labute approximate surface area is 121 Å². The minimum atomic E-state index is -0.181. The summed E-state index contributed by atoms with van der Waals surface area (Å²) in [6.07, 6.45) is 0.831. The van der Waals surface area contributed by atoms with Gasteiger partial charge in [-0.25, -0.2) is 0 Å². The molecule has 0 bridgehead atoms. The average Bonchev–Trinajstić information content (AvgIpc) is 3.03. The van der Waals surface area contributed by atoms with Crippen LogP contribution in [-0.2, 0) is 17.8 Å². The second-order valence-electron chi connectivity index (χ2n) is 4.85. The van der Waals surface area contributed by atoms with Crippen LogP contribution in [0.2, 0.25) is 0 Å². The Bertz CT molecular complexity index is 788. The molecule has 0 fully saturated rings. The summed E-state index contributed by atoms with van der Waals surface area (Å²) in [6, 6.07) is 9.59. The van der Waals surface area contributed by atoms with E-state index >= 15 is 0 Å². The van der Waals surface area contributed by atoms with E-state index in [0.29, 0.717) is 11.6 Å². The van der Waals surface area contributed by atoms with E-state index in [9.17, 15) is 4.79 Å². The van der Waals surface area contributed by atoms with Crippen LogP contribution in [0, 0.1) is 6.92 Å². The summed E-state index contributed by atoms with van der Waals surface area (Å²) in [5.41, 5.74) is 1.96. The van der Waals surface area contributed by atoms with Crippen molar-refractivity contribution in [2.75, 3.05) is 5.32 Å². The summed E-state index contributed by atoms with van der Waals surface area (Å²) in [5, 5.41) is 12.0. The molecule has 0 aliphatic carbocycles. The highest BCUT2D eigenvalue weighted by Gasteiger charge is 2.12. The maximum absolute atomic E-state index is 12.1. The minimum Gasteiger partial charge on any atom is -0.360 e. The van der Waals surface area contributed by atoms with Crippen LogP contribution in [0.5, 0.6) is 0 Å². The smallest absolute Gasteiger partial charge is 0.247 e. The molecule has 6 nitrogen and oxygen atoms in total. The lowest BCUT2D eigenvalue weighted by molar-refractivity contribution is -0.116. The molecule has 1 amide bonds. The third-order valence-electron chi connectivity index (χ3n) is 3.26. The molecule has 2 heterocycles. The normalized spacial score (nSPS) is 11.0. The van der Waals surface area contributed by atoms with E-state index in [1.807, 2.05) is 24.3 Å². The molecule has 0 aliphatic heterocycles.